The van der Waals surface area contributed by atoms with E-state index in [4.69, 9.17) is 4.74 Å². The van der Waals surface area contributed by atoms with Gasteiger partial charge in [0.2, 0.25) is 0 Å². The Labute approximate surface area is 73.9 Å². The summed E-state index contributed by atoms with van der Waals surface area (Å²) in [6, 6.07) is 0. The lowest BCUT2D eigenvalue weighted by molar-refractivity contribution is -0.341. The predicted octanol–water partition coefficient (Wildman–Crippen LogP) is 1.78. The second kappa shape index (κ2) is 2.05. The SMILES string of the molecule is CC1CC2OC(O)C2(C)C1(C)C. The molecule has 0 spiro atoms. The van der Waals surface area contributed by atoms with Crippen LogP contribution >= 0.6 is 0 Å². The van der Waals surface area contributed by atoms with Crippen molar-refractivity contribution in [2.45, 2.75) is 46.5 Å². The molecule has 0 radical (unpaired) electrons. The number of fused-ring (bicyclic) bond motifs is 1. The van der Waals surface area contributed by atoms with Gasteiger partial charge in [-0.2, -0.15) is 0 Å². The molecule has 1 aliphatic carbocycles. The largest absolute Gasteiger partial charge is 0.367 e. The first kappa shape index (κ1) is 8.52. The number of aliphatic hydroxyl groups is 1. The molecule has 1 aliphatic heterocycles. The summed E-state index contributed by atoms with van der Waals surface area (Å²) in [4.78, 5) is 0. The third kappa shape index (κ3) is 0.647. The molecule has 1 saturated carbocycles. The molecule has 2 aliphatic rings. The highest BCUT2D eigenvalue weighted by molar-refractivity contribution is 5.11. The Balaban J connectivity index is 2.34. The van der Waals surface area contributed by atoms with E-state index < -0.39 is 6.29 Å². The van der Waals surface area contributed by atoms with E-state index in [1.54, 1.807) is 0 Å². The Morgan fingerprint density at radius 3 is 2.25 bits per heavy atom. The first-order valence-corrected chi connectivity index (χ1v) is 4.74. The maximum atomic E-state index is 9.61. The Bertz CT molecular complexity index is 212. The highest BCUT2D eigenvalue weighted by Crippen LogP contribution is 2.64. The fourth-order valence-corrected chi connectivity index (χ4v) is 2.71. The zero-order chi connectivity index (χ0) is 9.15. The van der Waals surface area contributed by atoms with Gasteiger partial charge in [-0.3, -0.25) is 0 Å². The molecule has 1 heterocycles. The van der Waals surface area contributed by atoms with Crippen LogP contribution in [0.25, 0.3) is 0 Å². The molecular weight excluding hydrogens is 152 g/mol. The fraction of sp³-hybridized carbons (Fsp3) is 1.00. The van der Waals surface area contributed by atoms with E-state index in [-0.39, 0.29) is 16.9 Å². The summed E-state index contributed by atoms with van der Waals surface area (Å²) in [5.74, 6) is 0.643. The van der Waals surface area contributed by atoms with Gasteiger partial charge in [0.05, 0.1) is 11.5 Å². The molecule has 0 aromatic heterocycles. The van der Waals surface area contributed by atoms with Gasteiger partial charge >= 0.3 is 0 Å². The monoisotopic (exact) mass is 170 g/mol. The van der Waals surface area contributed by atoms with Gasteiger partial charge in [0, 0.05) is 0 Å². The van der Waals surface area contributed by atoms with E-state index in [1.807, 2.05) is 0 Å². The summed E-state index contributed by atoms with van der Waals surface area (Å²) in [5.41, 5.74) is 0.196. The first-order valence-electron chi connectivity index (χ1n) is 4.74. The maximum Gasteiger partial charge on any atom is 0.163 e. The van der Waals surface area contributed by atoms with Crippen molar-refractivity contribution in [3.63, 3.8) is 0 Å². The van der Waals surface area contributed by atoms with E-state index in [0.29, 0.717) is 5.92 Å². The van der Waals surface area contributed by atoms with Gasteiger partial charge in [-0.15, -0.1) is 0 Å². The Hall–Kier alpha value is -0.0800. The van der Waals surface area contributed by atoms with E-state index in [2.05, 4.69) is 27.7 Å². The second-order valence-electron chi connectivity index (χ2n) is 5.12. The van der Waals surface area contributed by atoms with Gasteiger partial charge in [0.1, 0.15) is 0 Å². The zero-order valence-corrected chi connectivity index (χ0v) is 8.29. The average Bonchev–Trinajstić information content (AvgIpc) is 2.12. The van der Waals surface area contributed by atoms with Crippen LogP contribution in [0.2, 0.25) is 0 Å². The summed E-state index contributed by atoms with van der Waals surface area (Å²) in [5, 5.41) is 9.61. The number of aliphatic hydroxyl groups excluding tert-OH is 1. The maximum absolute atomic E-state index is 9.61. The first-order chi connectivity index (χ1) is 5.40. The van der Waals surface area contributed by atoms with E-state index >= 15 is 0 Å². The summed E-state index contributed by atoms with van der Waals surface area (Å²) in [6.07, 6.45) is 0.848. The molecule has 0 bridgehead atoms. The van der Waals surface area contributed by atoms with Crippen molar-refractivity contribution < 1.29 is 9.84 Å². The van der Waals surface area contributed by atoms with E-state index in [1.165, 1.54) is 0 Å². The van der Waals surface area contributed by atoms with Crippen molar-refractivity contribution in [1.29, 1.82) is 0 Å². The molecule has 0 amide bonds. The molecule has 4 unspecified atom stereocenters. The molecule has 2 rings (SSSR count). The second-order valence-corrected chi connectivity index (χ2v) is 5.12. The smallest absolute Gasteiger partial charge is 0.163 e. The van der Waals surface area contributed by atoms with Crippen LogP contribution < -0.4 is 0 Å². The Kier molecular flexibility index (Phi) is 1.45. The van der Waals surface area contributed by atoms with Gasteiger partial charge < -0.3 is 9.84 Å². The number of hydrogen-bond acceptors (Lipinski definition) is 2. The van der Waals surface area contributed by atoms with E-state index in [0.717, 1.165) is 6.42 Å². The van der Waals surface area contributed by atoms with E-state index in [9.17, 15) is 5.11 Å². The normalized spacial score (nSPS) is 56.2. The molecule has 2 fully saturated rings. The summed E-state index contributed by atoms with van der Waals surface area (Å²) in [6.45, 7) is 8.88. The minimum Gasteiger partial charge on any atom is -0.367 e. The Morgan fingerprint density at radius 2 is 1.92 bits per heavy atom. The summed E-state index contributed by atoms with van der Waals surface area (Å²) >= 11 is 0. The topological polar surface area (TPSA) is 29.5 Å². The van der Waals surface area contributed by atoms with Gasteiger partial charge in [-0.05, 0) is 17.8 Å². The molecule has 2 nitrogen and oxygen atoms in total. The molecule has 1 saturated heterocycles. The summed E-state index contributed by atoms with van der Waals surface area (Å²) in [7, 11) is 0. The van der Waals surface area contributed by atoms with Crippen molar-refractivity contribution in [3.8, 4) is 0 Å². The highest BCUT2D eigenvalue weighted by Gasteiger charge is 2.67. The summed E-state index contributed by atoms with van der Waals surface area (Å²) < 4.78 is 5.33. The number of ether oxygens (including phenoxy) is 1. The lowest BCUT2D eigenvalue weighted by Crippen LogP contribution is -2.60. The lowest BCUT2D eigenvalue weighted by Gasteiger charge is -2.54. The third-order valence-electron chi connectivity index (χ3n) is 4.66. The molecule has 70 valence electrons. The average molecular weight is 170 g/mol. The van der Waals surface area contributed by atoms with Gasteiger partial charge in [-0.25, -0.2) is 0 Å². The van der Waals surface area contributed by atoms with Crippen molar-refractivity contribution in [2.24, 2.45) is 16.7 Å². The number of hydrogen-bond donors (Lipinski definition) is 1. The van der Waals surface area contributed by atoms with Crippen LogP contribution in [0.1, 0.15) is 34.1 Å². The molecule has 0 aromatic carbocycles. The fourth-order valence-electron chi connectivity index (χ4n) is 2.71. The van der Waals surface area contributed by atoms with Crippen LogP contribution in [0.5, 0.6) is 0 Å². The lowest BCUT2D eigenvalue weighted by atomic mass is 9.63. The molecule has 2 heteroatoms. The van der Waals surface area contributed by atoms with Crippen LogP contribution in [-0.2, 0) is 4.74 Å². The molecule has 0 aromatic rings. The quantitative estimate of drug-likeness (QED) is 0.600. The molecular formula is C10H18O2. The van der Waals surface area contributed by atoms with Crippen LogP contribution in [0.3, 0.4) is 0 Å². The van der Waals surface area contributed by atoms with Crippen LogP contribution in [0.4, 0.5) is 0 Å². The van der Waals surface area contributed by atoms with Gasteiger partial charge in [-0.1, -0.05) is 27.7 Å². The third-order valence-corrected chi connectivity index (χ3v) is 4.66. The van der Waals surface area contributed by atoms with Crippen molar-refractivity contribution >= 4 is 0 Å². The highest BCUT2D eigenvalue weighted by atomic mass is 16.6. The predicted molar refractivity (Wildman–Crippen MR) is 46.5 cm³/mol. The number of rotatable bonds is 0. The molecule has 12 heavy (non-hydrogen) atoms. The van der Waals surface area contributed by atoms with Crippen LogP contribution in [0.15, 0.2) is 0 Å². The molecule has 1 N–H and O–H groups in total. The Morgan fingerprint density at radius 1 is 1.33 bits per heavy atom. The minimum atomic E-state index is -0.539. The zero-order valence-electron chi connectivity index (χ0n) is 8.29. The van der Waals surface area contributed by atoms with Crippen molar-refractivity contribution in [2.75, 3.05) is 0 Å². The van der Waals surface area contributed by atoms with Crippen molar-refractivity contribution in [1.82, 2.24) is 0 Å². The van der Waals surface area contributed by atoms with Crippen LogP contribution in [0, 0.1) is 16.7 Å². The van der Waals surface area contributed by atoms with Gasteiger partial charge in [0.15, 0.2) is 6.29 Å². The van der Waals surface area contributed by atoms with Gasteiger partial charge in [0.25, 0.3) is 0 Å². The van der Waals surface area contributed by atoms with Crippen LogP contribution in [-0.4, -0.2) is 17.5 Å². The standard InChI is InChI=1S/C10H18O2/c1-6-5-7-10(4,8(11)12-7)9(6,2)3/h6-8,11H,5H2,1-4H3. The van der Waals surface area contributed by atoms with Crippen molar-refractivity contribution in [3.05, 3.63) is 0 Å². The minimum absolute atomic E-state index is 0.00752. The molecule has 4 atom stereocenters.